The largest absolute Gasteiger partial charge is 0.349 e. The van der Waals surface area contributed by atoms with Crippen LogP contribution in [0.2, 0.25) is 15.2 Å². The minimum Gasteiger partial charge on any atom is -0.349 e. The van der Waals surface area contributed by atoms with Crippen molar-refractivity contribution >= 4 is 40.6 Å². The summed E-state index contributed by atoms with van der Waals surface area (Å²) in [4.78, 5) is 6.41. The maximum absolute atomic E-state index is 6.26. The van der Waals surface area contributed by atoms with Crippen molar-refractivity contribution in [1.82, 2.24) is 4.98 Å². The van der Waals surface area contributed by atoms with Crippen LogP contribution in [0.5, 0.6) is 0 Å². The third kappa shape index (κ3) is 3.57. The minimum atomic E-state index is 0.234. The summed E-state index contributed by atoms with van der Waals surface area (Å²) in [5.41, 5.74) is 1.19. The molecular formula is C15H15Cl3N2. The van der Waals surface area contributed by atoms with E-state index in [2.05, 4.69) is 35.9 Å². The van der Waals surface area contributed by atoms with E-state index < -0.39 is 0 Å². The lowest BCUT2D eigenvalue weighted by molar-refractivity contribution is 0.673. The van der Waals surface area contributed by atoms with Gasteiger partial charge in [0, 0.05) is 12.6 Å². The third-order valence-corrected chi connectivity index (χ3v) is 3.91. The van der Waals surface area contributed by atoms with Gasteiger partial charge in [0.05, 0.1) is 10.0 Å². The first-order valence-electron chi connectivity index (χ1n) is 6.31. The van der Waals surface area contributed by atoms with Gasteiger partial charge < -0.3 is 4.90 Å². The Morgan fingerprint density at radius 1 is 1.05 bits per heavy atom. The number of rotatable bonds is 4. The maximum atomic E-state index is 6.26. The van der Waals surface area contributed by atoms with E-state index in [1.807, 2.05) is 18.2 Å². The number of nitrogens with zero attached hydrogens (tertiary/aromatic N) is 2. The summed E-state index contributed by atoms with van der Waals surface area (Å²) in [5, 5.41) is 1.14. The number of hydrogen-bond donors (Lipinski definition) is 0. The van der Waals surface area contributed by atoms with Gasteiger partial charge in [0.1, 0.15) is 11.0 Å². The molecule has 0 saturated heterocycles. The molecule has 1 heterocycles. The zero-order valence-corrected chi connectivity index (χ0v) is 13.5. The zero-order chi connectivity index (χ0) is 14.7. The average molecular weight is 330 g/mol. The number of pyridine rings is 1. The molecule has 1 aromatic carbocycles. The normalized spacial score (nSPS) is 10.9. The first kappa shape index (κ1) is 15.4. The van der Waals surface area contributed by atoms with Gasteiger partial charge in [0.25, 0.3) is 0 Å². The Kier molecular flexibility index (Phi) is 5.14. The van der Waals surface area contributed by atoms with Crippen LogP contribution in [0.25, 0.3) is 0 Å². The standard InChI is InChI=1S/C15H15Cl3N2/c1-10(2)20(9-11-6-4-3-5-7-11)15-13(17)8-12(16)14(18)19-15/h3-8,10H,9H2,1-2H3. The molecule has 0 bridgehead atoms. The highest BCUT2D eigenvalue weighted by molar-refractivity contribution is 6.42. The quantitative estimate of drug-likeness (QED) is 0.693. The van der Waals surface area contributed by atoms with Crippen LogP contribution < -0.4 is 4.90 Å². The summed E-state index contributed by atoms with van der Waals surface area (Å²) in [6, 6.07) is 12.0. The van der Waals surface area contributed by atoms with Gasteiger partial charge in [-0.3, -0.25) is 0 Å². The summed E-state index contributed by atoms with van der Waals surface area (Å²) in [5.74, 6) is 0.653. The summed E-state index contributed by atoms with van der Waals surface area (Å²) < 4.78 is 0. The second kappa shape index (κ2) is 6.66. The van der Waals surface area contributed by atoms with E-state index in [9.17, 15) is 0 Å². The Morgan fingerprint density at radius 2 is 1.70 bits per heavy atom. The van der Waals surface area contributed by atoms with Gasteiger partial charge in [0.2, 0.25) is 0 Å². The Bertz CT molecular complexity index is 585. The number of benzene rings is 1. The molecule has 0 spiro atoms. The smallest absolute Gasteiger partial charge is 0.150 e. The van der Waals surface area contributed by atoms with Gasteiger partial charge in [-0.15, -0.1) is 0 Å². The SMILES string of the molecule is CC(C)N(Cc1ccccc1)c1nc(Cl)c(Cl)cc1Cl. The summed E-state index contributed by atoms with van der Waals surface area (Å²) in [6.07, 6.45) is 0. The molecular weight excluding hydrogens is 315 g/mol. The Labute approximate surface area is 134 Å². The van der Waals surface area contributed by atoms with Crippen LogP contribution >= 0.6 is 34.8 Å². The Morgan fingerprint density at radius 3 is 2.30 bits per heavy atom. The molecule has 5 heteroatoms. The van der Waals surface area contributed by atoms with Crippen molar-refractivity contribution in [1.29, 1.82) is 0 Å². The van der Waals surface area contributed by atoms with E-state index in [1.54, 1.807) is 6.07 Å². The third-order valence-electron chi connectivity index (χ3n) is 2.96. The molecule has 0 N–H and O–H groups in total. The molecule has 2 rings (SSSR count). The molecule has 0 amide bonds. The van der Waals surface area contributed by atoms with E-state index in [0.29, 0.717) is 22.4 Å². The van der Waals surface area contributed by atoms with Crippen LogP contribution in [0.1, 0.15) is 19.4 Å². The predicted octanol–water partition coefficient (Wildman–Crippen LogP) is 5.46. The van der Waals surface area contributed by atoms with E-state index in [-0.39, 0.29) is 11.2 Å². The number of halogens is 3. The molecule has 0 radical (unpaired) electrons. The molecule has 0 aliphatic heterocycles. The lowest BCUT2D eigenvalue weighted by Gasteiger charge is -2.29. The summed E-state index contributed by atoms with van der Waals surface area (Å²) >= 11 is 18.2. The van der Waals surface area contributed by atoms with Crippen LogP contribution in [0.15, 0.2) is 36.4 Å². The Hall–Kier alpha value is -0.960. The maximum Gasteiger partial charge on any atom is 0.150 e. The monoisotopic (exact) mass is 328 g/mol. The van der Waals surface area contributed by atoms with Gasteiger partial charge in [-0.1, -0.05) is 65.1 Å². The van der Waals surface area contributed by atoms with Gasteiger partial charge in [0.15, 0.2) is 0 Å². The molecule has 0 saturated carbocycles. The molecule has 0 atom stereocenters. The molecule has 2 nitrogen and oxygen atoms in total. The van der Waals surface area contributed by atoms with Crippen LogP contribution in [-0.4, -0.2) is 11.0 Å². The molecule has 2 aromatic rings. The highest BCUT2D eigenvalue weighted by Gasteiger charge is 2.18. The predicted molar refractivity (Wildman–Crippen MR) is 87.0 cm³/mol. The molecule has 0 unspecified atom stereocenters. The van der Waals surface area contributed by atoms with Gasteiger partial charge >= 0.3 is 0 Å². The fourth-order valence-corrected chi connectivity index (χ4v) is 2.52. The topological polar surface area (TPSA) is 16.1 Å². The van der Waals surface area contributed by atoms with Crippen molar-refractivity contribution in [2.24, 2.45) is 0 Å². The molecule has 0 aliphatic carbocycles. The van der Waals surface area contributed by atoms with Gasteiger partial charge in [-0.05, 0) is 25.5 Å². The average Bonchev–Trinajstić information content (AvgIpc) is 2.41. The van der Waals surface area contributed by atoms with Crippen molar-refractivity contribution in [3.05, 3.63) is 57.2 Å². The summed E-state index contributed by atoms with van der Waals surface area (Å²) in [6.45, 7) is 4.89. The van der Waals surface area contributed by atoms with E-state index in [1.165, 1.54) is 5.56 Å². The molecule has 106 valence electrons. The fourth-order valence-electron chi connectivity index (χ4n) is 1.92. The number of anilines is 1. The molecule has 20 heavy (non-hydrogen) atoms. The highest BCUT2D eigenvalue weighted by atomic mass is 35.5. The van der Waals surface area contributed by atoms with Crippen LogP contribution in [0.3, 0.4) is 0 Å². The highest BCUT2D eigenvalue weighted by Crippen LogP contribution is 2.32. The Balaban J connectivity index is 2.37. The summed E-state index contributed by atoms with van der Waals surface area (Å²) in [7, 11) is 0. The van der Waals surface area contributed by atoms with Crippen LogP contribution in [0, 0.1) is 0 Å². The van der Waals surface area contributed by atoms with Crippen molar-refractivity contribution in [3.8, 4) is 0 Å². The minimum absolute atomic E-state index is 0.234. The first-order chi connectivity index (χ1) is 9.49. The zero-order valence-electron chi connectivity index (χ0n) is 11.3. The van der Waals surface area contributed by atoms with E-state index in [4.69, 9.17) is 34.8 Å². The molecule has 1 aromatic heterocycles. The van der Waals surface area contributed by atoms with E-state index >= 15 is 0 Å². The molecule has 0 aliphatic rings. The van der Waals surface area contributed by atoms with E-state index in [0.717, 1.165) is 0 Å². The number of aromatic nitrogens is 1. The number of hydrogen-bond acceptors (Lipinski definition) is 2. The lowest BCUT2D eigenvalue weighted by atomic mass is 10.2. The second-order valence-corrected chi connectivity index (χ2v) is 5.95. The van der Waals surface area contributed by atoms with Crippen molar-refractivity contribution in [2.45, 2.75) is 26.4 Å². The van der Waals surface area contributed by atoms with Crippen LogP contribution in [0.4, 0.5) is 5.82 Å². The van der Waals surface area contributed by atoms with Crippen molar-refractivity contribution in [3.63, 3.8) is 0 Å². The second-order valence-electron chi connectivity index (χ2n) is 4.77. The van der Waals surface area contributed by atoms with Gasteiger partial charge in [-0.25, -0.2) is 4.98 Å². The van der Waals surface area contributed by atoms with Gasteiger partial charge in [-0.2, -0.15) is 0 Å². The van der Waals surface area contributed by atoms with Crippen molar-refractivity contribution < 1.29 is 0 Å². The fraction of sp³-hybridized carbons (Fsp3) is 0.267. The molecule has 0 fully saturated rings. The van der Waals surface area contributed by atoms with Crippen molar-refractivity contribution in [2.75, 3.05) is 4.90 Å². The van der Waals surface area contributed by atoms with Crippen LogP contribution in [-0.2, 0) is 6.54 Å². The lowest BCUT2D eigenvalue weighted by Crippen LogP contribution is -2.31. The first-order valence-corrected chi connectivity index (χ1v) is 7.44.